The molecule has 0 spiro atoms. The van der Waals surface area contributed by atoms with Gasteiger partial charge in [-0.05, 0) is 84.7 Å². The van der Waals surface area contributed by atoms with Gasteiger partial charge >= 0.3 is 0 Å². The summed E-state index contributed by atoms with van der Waals surface area (Å²) in [6.45, 7) is 4.65. The highest BCUT2D eigenvalue weighted by molar-refractivity contribution is 9.10. The normalized spacial score (nSPS) is 17.3. The third-order valence-electron chi connectivity index (χ3n) is 7.20. The van der Waals surface area contributed by atoms with Crippen molar-refractivity contribution in [3.63, 3.8) is 0 Å². The molecule has 12 heteroatoms. The molecule has 0 bridgehead atoms. The summed E-state index contributed by atoms with van der Waals surface area (Å²) in [5, 5.41) is 3.15. The number of benzene rings is 3. The average molecular weight is 675 g/mol. The SMILES string of the molecule is CC(C)S(=O)(=O)C(C)OCC1(c2cc3c(Nc4ccc(OCc5cccc(F)c5)c(Br)c4)ncnc3cc2F)CC=CO1. The number of fused-ring (bicyclic) bond motifs is 1. The van der Waals surface area contributed by atoms with Crippen LogP contribution in [0, 0.1) is 11.6 Å². The smallest absolute Gasteiger partial charge is 0.179 e. The summed E-state index contributed by atoms with van der Waals surface area (Å²) in [5.74, 6) is 0.0895. The van der Waals surface area contributed by atoms with E-state index in [2.05, 4.69) is 31.2 Å². The van der Waals surface area contributed by atoms with Crippen molar-refractivity contribution in [1.82, 2.24) is 9.97 Å². The third kappa shape index (κ3) is 6.66. The predicted octanol–water partition coefficient (Wildman–Crippen LogP) is 7.31. The number of halogens is 3. The zero-order valence-corrected chi connectivity index (χ0v) is 26.1. The van der Waals surface area contributed by atoms with Gasteiger partial charge in [0, 0.05) is 29.1 Å². The van der Waals surface area contributed by atoms with Crippen LogP contribution in [0.5, 0.6) is 5.75 Å². The van der Waals surface area contributed by atoms with Crippen LogP contribution in [0.3, 0.4) is 0 Å². The van der Waals surface area contributed by atoms with E-state index in [0.717, 1.165) is 0 Å². The molecule has 0 saturated heterocycles. The minimum Gasteiger partial charge on any atom is -0.488 e. The number of sulfone groups is 1. The molecule has 1 aliphatic rings. The Hall–Kier alpha value is -3.61. The van der Waals surface area contributed by atoms with Crippen molar-refractivity contribution < 1.29 is 31.4 Å². The molecule has 1 N–H and O–H groups in total. The van der Waals surface area contributed by atoms with Crippen LogP contribution in [-0.2, 0) is 31.5 Å². The highest BCUT2D eigenvalue weighted by Crippen LogP contribution is 2.40. The maximum atomic E-state index is 15.6. The molecule has 5 rings (SSSR count). The van der Waals surface area contributed by atoms with Crippen LogP contribution in [0.25, 0.3) is 10.9 Å². The quantitative estimate of drug-likeness (QED) is 0.177. The molecule has 2 atom stereocenters. The zero-order valence-electron chi connectivity index (χ0n) is 23.7. The first-order chi connectivity index (χ1) is 20.5. The Morgan fingerprint density at radius 2 is 1.91 bits per heavy atom. The first kappa shape index (κ1) is 30.8. The van der Waals surface area contributed by atoms with Crippen LogP contribution in [0.15, 0.2) is 77.7 Å². The lowest BCUT2D eigenvalue weighted by Gasteiger charge is -2.31. The van der Waals surface area contributed by atoms with Gasteiger partial charge in [-0.1, -0.05) is 12.1 Å². The summed E-state index contributed by atoms with van der Waals surface area (Å²) in [6.07, 6.45) is 4.82. The molecule has 0 saturated carbocycles. The predicted molar refractivity (Wildman–Crippen MR) is 164 cm³/mol. The number of nitrogens with one attached hydrogen (secondary N) is 1. The van der Waals surface area contributed by atoms with Crippen molar-refractivity contribution in [3.8, 4) is 5.75 Å². The van der Waals surface area contributed by atoms with Gasteiger partial charge in [-0.15, -0.1) is 0 Å². The highest BCUT2D eigenvalue weighted by atomic mass is 79.9. The molecule has 43 heavy (non-hydrogen) atoms. The van der Waals surface area contributed by atoms with Crippen LogP contribution < -0.4 is 10.1 Å². The monoisotopic (exact) mass is 673 g/mol. The Labute approximate surface area is 257 Å². The van der Waals surface area contributed by atoms with Gasteiger partial charge < -0.3 is 19.5 Å². The van der Waals surface area contributed by atoms with Gasteiger partial charge in [0.05, 0.1) is 28.1 Å². The fourth-order valence-corrected chi connectivity index (χ4v) is 6.20. The van der Waals surface area contributed by atoms with Gasteiger partial charge in [0.2, 0.25) is 0 Å². The molecular weight excluding hydrogens is 644 g/mol. The molecule has 1 aromatic heterocycles. The van der Waals surface area contributed by atoms with Gasteiger partial charge in [0.25, 0.3) is 0 Å². The number of aromatic nitrogens is 2. The van der Waals surface area contributed by atoms with Gasteiger partial charge in [-0.25, -0.2) is 27.2 Å². The van der Waals surface area contributed by atoms with E-state index in [0.29, 0.717) is 38.2 Å². The van der Waals surface area contributed by atoms with Crippen LogP contribution in [-0.4, -0.2) is 35.7 Å². The standard InChI is InChI=1S/C31H30BrF2N3O5S/c1-19(2)43(38,39)20(3)41-17-31(10-5-11-42-31)25-14-24-28(15-27(25)34)35-18-36-30(24)37-23-8-9-29(26(32)13-23)40-16-21-6-4-7-22(33)12-21/h4-9,11-15,18-20H,10,16-17H2,1-3H3,(H,35,36,37). The van der Waals surface area contributed by atoms with Crippen molar-refractivity contribution in [1.29, 1.82) is 0 Å². The number of rotatable bonds is 11. The second kappa shape index (κ2) is 12.6. The minimum absolute atomic E-state index is 0.184. The van der Waals surface area contributed by atoms with Gasteiger partial charge in [-0.2, -0.15) is 0 Å². The number of ether oxygens (including phenoxy) is 3. The Morgan fingerprint density at radius 1 is 1.09 bits per heavy atom. The Kier molecular flexibility index (Phi) is 9.00. The van der Waals surface area contributed by atoms with E-state index >= 15 is 4.39 Å². The number of nitrogens with zero attached hydrogens (tertiary/aromatic N) is 2. The maximum Gasteiger partial charge on any atom is 0.179 e. The molecule has 2 heterocycles. The van der Waals surface area contributed by atoms with E-state index in [1.54, 1.807) is 56.3 Å². The third-order valence-corrected chi connectivity index (χ3v) is 10.2. The summed E-state index contributed by atoms with van der Waals surface area (Å²) in [4.78, 5) is 8.63. The first-order valence-electron chi connectivity index (χ1n) is 13.5. The van der Waals surface area contributed by atoms with Crippen LogP contribution in [0.2, 0.25) is 0 Å². The molecule has 0 aliphatic carbocycles. The second-order valence-corrected chi connectivity index (χ2v) is 14.1. The van der Waals surface area contributed by atoms with E-state index in [1.807, 2.05) is 0 Å². The van der Waals surface area contributed by atoms with E-state index in [1.165, 1.54) is 37.7 Å². The molecule has 226 valence electrons. The molecule has 2 unspecified atom stereocenters. The minimum atomic E-state index is -3.54. The largest absolute Gasteiger partial charge is 0.488 e. The Bertz CT molecular complexity index is 1780. The fraction of sp³-hybridized carbons (Fsp3) is 0.290. The Morgan fingerprint density at radius 3 is 2.60 bits per heavy atom. The van der Waals surface area contributed by atoms with Crippen LogP contribution in [0.1, 0.15) is 38.3 Å². The lowest BCUT2D eigenvalue weighted by molar-refractivity contribution is -0.0530. The molecule has 3 aromatic carbocycles. The number of hydrogen-bond donors (Lipinski definition) is 1. The lowest BCUT2D eigenvalue weighted by Crippen LogP contribution is -2.37. The van der Waals surface area contributed by atoms with E-state index in [9.17, 15) is 12.8 Å². The van der Waals surface area contributed by atoms with Crippen molar-refractivity contribution in [2.75, 3.05) is 11.9 Å². The van der Waals surface area contributed by atoms with Gasteiger partial charge in [-0.3, -0.25) is 0 Å². The second-order valence-electron chi connectivity index (χ2n) is 10.5. The maximum absolute atomic E-state index is 15.6. The van der Waals surface area contributed by atoms with Gasteiger partial charge in [0.1, 0.15) is 36.1 Å². The lowest BCUT2D eigenvalue weighted by atomic mass is 9.90. The summed E-state index contributed by atoms with van der Waals surface area (Å²) in [5.41, 5.74) is -0.442. The van der Waals surface area contributed by atoms with Crippen molar-refractivity contribution >= 4 is 48.2 Å². The molecule has 8 nitrogen and oxygen atoms in total. The topological polar surface area (TPSA) is 99.6 Å². The summed E-state index contributed by atoms with van der Waals surface area (Å²) >= 11 is 3.52. The molecule has 0 amide bonds. The van der Waals surface area contributed by atoms with Crippen molar-refractivity contribution in [2.45, 2.75) is 50.1 Å². The molecular formula is C31H30BrF2N3O5S. The van der Waals surface area contributed by atoms with Crippen LogP contribution >= 0.6 is 15.9 Å². The number of hydrogen-bond acceptors (Lipinski definition) is 8. The van der Waals surface area contributed by atoms with Crippen molar-refractivity contribution in [2.24, 2.45) is 0 Å². The molecule has 0 fully saturated rings. The van der Waals surface area contributed by atoms with Crippen LogP contribution in [0.4, 0.5) is 20.3 Å². The summed E-state index contributed by atoms with van der Waals surface area (Å²) in [6, 6.07) is 14.5. The average Bonchev–Trinajstić information content (AvgIpc) is 3.45. The Balaban J connectivity index is 1.40. The number of anilines is 2. The summed E-state index contributed by atoms with van der Waals surface area (Å²) < 4.78 is 72.4. The van der Waals surface area contributed by atoms with E-state index < -0.39 is 31.9 Å². The molecule has 1 aliphatic heterocycles. The molecule has 0 radical (unpaired) electrons. The first-order valence-corrected chi connectivity index (χ1v) is 15.9. The van der Waals surface area contributed by atoms with E-state index in [4.69, 9.17) is 14.2 Å². The van der Waals surface area contributed by atoms with Gasteiger partial charge in [0.15, 0.2) is 20.9 Å². The van der Waals surface area contributed by atoms with Crippen molar-refractivity contribution in [3.05, 3.63) is 100 Å². The fourth-order valence-electron chi connectivity index (χ4n) is 4.69. The zero-order chi connectivity index (χ0) is 30.8. The van der Waals surface area contributed by atoms with E-state index in [-0.39, 0.29) is 31.0 Å². The molecule has 4 aromatic rings. The summed E-state index contributed by atoms with van der Waals surface area (Å²) in [7, 11) is -3.54. The highest BCUT2D eigenvalue weighted by Gasteiger charge is 2.40.